The van der Waals surface area contributed by atoms with Gasteiger partial charge in [0, 0.05) is 18.1 Å². The van der Waals surface area contributed by atoms with Crippen molar-refractivity contribution in [2.75, 3.05) is 23.4 Å². The van der Waals surface area contributed by atoms with E-state index >= 15 is 0 Å². The van der Waals surface area contributed by atoms with Crippen molar-refractivity contribution >= 4 is 28.7 Å². The fourth-order valence-corrected chi connectivity index (χ4v) is 2.05. The molecule has 1 heterocycles. The van der Waals surface area contributed by atoms with E-state index in [2.05, 4.69) is 21.9 Å². The zero-order valence-corrected chi connectivity index (χ0v) is 10.2. The Morgan fingerprint density at radius 2 is 2.41 bits per heavy atom. The molecule has 1 aromatic heterocycles. The number of anilines is 1. The minimum absolute atomic E-state index is 0.255. The number of nitrogens with one attached hydrogen (secondary N) is 2. The molecule has 0 amide bonds. The van der Waals surface area contributed by atoms with E-state index in [-0.39, 0.29) is 5.82 Å². The average molecular weight is 251 g/mol. The van der Waals surface area contributed by atoms with Gasteiger partial charge in [-0.1, -0.05) is 6.08 Å². The van der Waals surface area contributed by atoms with E-state index in [9.17, 15) is 4.39 Å². The van der Waals surface area contributed by atoms with Gasteiger partial charge in [-0.2, -0.15) is 11.8 Å². The summed E-state index contributed by atoms with van der Waals surface area (Å²) in [6.45, 7) is 4.48. The van der Waals surface area contributed by atoms with E-state index in [0.717, 1.165) is 23.6 Å². The lowest BCUT2D eigenvalue weighted by Gasteiger charge is -2.00. The lowest BCUT2D eigenvalue weighted by atomic mass is 10.3. The number of fused-ring (bicyclic) bond motifs is 1. The summed E-state index contributed by atoms with van der Waals surface area (Å²) in [6.07, 6.45) is 1.88. The van der Waals surface area contributed by atoms with E-state index in [1.54, 1.807) is 17.8 Å². The highest BCUT2D eigenvalue weighted by Crippen LogP contribution is 2.15. The molecule has 2 N–H and O–H groups in total. The van der Waals surface area contributed by atoms with Crippen molar-refractivity contribution in [3.63, 3.8) is 0 Å². The molecule has 2 aromatic rings. The summed E-state index contributed by atoms with van der Waals surface area (Å²) in [5.41, 5.74) is 1.49. The molecule has 0 unspecified atom stereocenters. The second-order valence-corrected chi connectivity index (χ2v) is 4.69. The predicted octanol–water partition coefficient (Wildman–Crippen LogP) is 3.03. The van der Waals surface area contributed by atoms with Crippen molar-refractivity contribution < 1.29 is 4.39 Å². The number of H-pyrrole nitrogens is 1. The molecule has 90 valence electrons. The van der Waals surface area contributed by atoms with E-state index < -0.39 is 0 Å². The number of nitrogens with zero attached hydrogens (tertiary/aromatic N) is 1. The summed E-state index contributed by atoms with van der Waals surface area (Å²) in [5.74, 6) is 2.36. The van der Waals surface area contributed by atoms with Crippen LogP contribution in [0.15, 0.2) is 30.9 Å². The van der Waals surface area contributed by atoms with Gasteiger partial charge < -0.3 is 10.3 Å². The second kappa shape index (κ2) is 5.72. The quantitative estimate of drug-likeness (QED) is 0.612. The molecule has 3 nitrogen and oxygen atoms in total. The lowest BCUT2D eigenvalue weighted by Crippen LogP contribution is -2.05. The third-order valence-electron chi connectivity index (χ3n) is 2.22. The van der Waals surface area contributed by atoms with Crippen molar-refractivity contribution in [3.8, 4) is 0 Å². The molecule has 2 rings (SSSR count). The number of aromatic amines is 1. The smallest absolute Gasteiger partial charge is 0.201 e. The molecular formula is C12H14FN3S. The molecule has 0 spiro atoms. The minimum Gasteiger partial charge on any atom is -0.355 e. The van der Waals surface area contributed by atoms with Gasteiger partial charge in [-0.3, -0.25) is 0 Å². The molecule has 0 saturated carbocycles. The van der Waals surface area contributed by atoms with Crippen molar-refractivity contribution in [1.29, 1.82) is 0 Å². The summed E-state index contributed by atoms with van der Waals surface area (Å²) in [6, 6.07) is 4.52. The van der Waals surface area contributed by atoms with Crippen LogP contribution in [0.2, 0.25) is 0 Å². The first-order chi connectivity index (χ1) is 8.29. The highest BCUT2D eigenvalue weighted by molar-refractivity contribution is 7.99. The summed E-state index contributed by atoms with van der Waals surface area (Å²) in [5, 5.41) is 3.17. The van der Waals surface area contributed by atoms with E-state index in [4.69, 9.17) is 0 Å². The summed E-state index contributed by atoms with van der Waals surface area (Å²) in [4.78, 5) is 7.34. The van der Waals surface area contributed by atoms with Crippen molar-refractivity contribution in [1.82, 2.24) is 9.97 Å². The van der Waals surface area contributed by atoms with Gasteiger partial charge in [0.15, 0.2) is 0 Å². The van der Waals surface area contributed by atoms with Gasteiger partial charge in [-0.25, -0.2) is 9.37 Å². The normalized spacial score (nSPS) is 10.6. The highest BCUT2D eigenvalue weighted by atomic mass is 32.2. The maximum atomic E-state index is 13.0. The van der Waals surface area contributed by atoms with E-state index in [1.165, 1.54) is 12.1 Å². The maximum Gasteiger partial charge on any atom is 0.201 e. The molecule has 0 radical (unpaired) electrons. The standard InChI is InChI=1S/C12H14FN3S/c1-2-6-17-7-5-14-12-15-10-4-3-9(13)8-11(10)16-12/h2-4,8H,1,5-7H2,(H2,14,15,16). The van der Waals surface area contributed by atoms with E-state index in [1.807, 2.05) is 6.08 Å². The summed E-state index contributed by atoms with van der Waals surface area (Å²) in [7, 11) is 0. The van der Waals surface area contributed by atoms with Crippen LogP contribution in [0.3, 0.4) is 0 Å². The molecule has 0 fully saturated rings. The first-order valence-corrected chi connectivity index (χ1v) is 6.53. The van der Waals surface area contributed by atoms with Gasteiger partial charge in [0.05, 0.1) is 11.0 Å². The van der Waals surface area contributed by atoms with Crippen molar-refractivity contribution in [2.45, 2.75) is 0 Å². The fraction of sp³-hybridized carbons (Fsp3) is 0.250. The Morgan fingerprint density at radius 1 is 1.53 bits per heavy atom. The predicted molar refractivity (Wildman–Crippen MR) is 72.1 cm³/mol. The Hall–Kier alpha value is -1.49. The van der Waals surface area contributed by atoms with Crippen LogP contribution in [-0.2, 0) is 0 Å². The van der Waals surface area contributed by atoms with Gasteiger partial charge in [0.2, 0.25) is 5.95 Å². The van der Waals surface area contributed by atoms with Gasteiger partial charge in [-0.15, -0.1) is 6.58 Å². The highest BCUT2D eigenvalue weighted by Gasteiger charge is 2.02. The van der Waals surface area contributed by atoms with Gasteiger partial charge in [0.25, 0.3) is 0 Å². The Kier molecular flexibility index (Phi) is 4.03. The molecule has 0 atom stereocenters. The third-order valence-corrected chi connectivity index (χ3v) is 3.18. The minimum atomic E-state index is -0.255. The first-order valence-electron chi connectivity index (χ1n) is 5.37. The third kappa shape index (κ3) is 3.23. The summed E-state index contributed by atoms with van der Waals surface area (Å²) >= 11 is 1.80. The van der Waals surface area contributed by atoms with E-state index in [0.29, 0.717) is 11.5 Å². The average Bonchev–Trinajstić information content (AvgIpc) is 2.70. The van der Waals surface area contributed by atoms with Crippen LogP contribution in [0, 0.1) is 5.82 Å². The molecule has 0 aliphatic rings. The lowest BCUT2D eigenvalue weighted by molar-refractivity contribution is 0.629. The van der Waals surface area contributed by atoms with Crippen LogP contribution in [0.1, 0.15) is 0 Å². The molecule has 0 saturated heterocycles. The number of hydrogen-bond donors (Lipinski definition) is 2. The number of halogens is 1. The fourth-order valence-electron chi connectivity index (χ4n) is 1.47. The van der Waals surface area contributed by atoms with Gasteiger partial charge >= 0.3 is 0 Å². The summed E-state index contributed by atoms with van der Waals surface area (Å²) < 4.78 is 13.0. The van der Waals surface area contributed by atoms with Gasteiger partial charge in [-0.05, 0) is 18.2 Å². The Labute approximate surface area is 104 Å². The van der Waals surface area contributed by atoms with Crippen LogP contribution in [0.25, 0.3) is 11.0 Å². The number of aromatic nitrogens is 2. The zero-order chi connectivity index (χ0) is 12.1. The van der Waals surface area contributed by atoms with Crippen LogP contribution in [-0.4, -0.2) is 28.0 Å². The van der Waals surface area contributed by atoms with Crippen LogP contribution in [0.5, 0.6) is 0 Å². The number of thioether (sulfide) groups is 1. The largest absolute Gasteiger partial charge is 0.355 e. The SMILES string of the molecule is C=CCSCCNc1nc2ccc(F)cc2[nH]1. The molecular weight excluding hydrogens is 237 g/mol. The molecule has 0 bridgehead atoms. The monoisotopic (exact) mass is 251 g/mol. The first kappa shape index (κ1) is 12.0. The molecule has 0 aliphatic heterocycles. The van der Waals surface area contributed by atoms with Crippen molar-refractivity contribution in [3.05, 3.63) is 36.7 Å². The van der Waals surface area contributed by atoms with Crippen LogP contribution < -0.4 is 5.32 Å². The topological polar surface area (TPSA) is 40.7 Å². The maximum absolute atomic E-state index is 13.0. The molecule has 1 aromatic carbocycles. The molecule has 5 heteroatoms. The van der Waals surface area contributed by atoms with Crippen LogP contribution >= 0.6 is 11.8 Å². The number of benzene rings is 1. The van der Waals surface area contributed by atoms with Gasteiger partial charge in [0.1, 0.15) is 5.82 Å². The number of rotatable bonds is 6. The zero-order valence-electron chi connectivity index (χ0n) is 9.37. The number of hydrogen-bond acceptors (Lipinski definition) is 3. The second-order valence-electron chi connectivity index (χ2n) is 3.54. The molecule has 0 aliphatic carbocycles. The Morgan fingerprint density at radius 3 is 3.24 bits per heavy atom. The molecule has 17 heavy (non-hydrogen) atoms. The Balaban J connectivity index is 1.93. The van der Waals surface area contributed by atoms with Crippen LogP contribution in [0.4, 0.5) is 10.3 Å². The van der Waals surface area contributed by atoms with Crippen molar-refractivity contribution in [2.24, 2.45) is 0 Å². The number of imidazole rings is 1. The Bertz CT molecular complexity index is 509.